The second-order valence-corrected chi connectivity index (χ2v) is 6.37. The fourth-order valence-corrected chi connectivity index (χ4v) is 4.01. The van der Waals surface area contributed by atoms with Crippen molar-refractivity contribution in [3.8, 4) is 5.75 Å². The van der Waals surface area contributed by atoms with Gasteiger partial charge in [-0.2, -0.15) is 0 Å². The molecule has 0 radical (unpaired) electrons. The summed E-state index contributed by atoms with van der Waals surface area (Å²) in [6.07, 6.45) is 5.10. The van der Waals surface area contributed by atoms with Crippen molar-refractivity contribution in [2.24, 2.45) is 0 Å². The Morgan fingerprint density at radius 3 is 3.05 bits per heavy atom. The smallest absolute Gasteiger partial charge is 0.119 e. The number of nitrogens with zero attached hydrogens (tertiary/aromatic N) is 2. The first-order valence-electron chi connectivity index (χ1n) is 8.21. The first-order valence-corrected chi connectivity index (χ1v) is 8.21. The fourth-order valence-electron chi connectivity index (χ4n) is 4.01. The van der Waals surface area contributed by atoms with E-state index in [1.165, 1.54) is 42.8 Å². The molecule has 0 aliphatic carbocycles. The number of hydrogen-bond donors (Lipinski definition) is 1. The Bertz CT molecular complexity index is 713. The van der Waals surface area contributed by atoms with Crippen LogP contribution in [0.2, 0.25) is 0 Å². The van der Waals surface area contributed by atoms with Crippen LogP contribution < -0.4 is 10.1 Å². The van der Waals surface area contributed by atoms with Gasteiger partial charge >= 0.3 is 0 Å². The lowest BCUT2D eigenvalue weighted by atomic mass is 9.90. The lowest BCUT2D eigenvalue weighted by Crippen LogP contribution is -2.44. The summed E-state index contributed by atoms with van der Waals surface area (Å²) in [5.41, 5.74) is 4.95. The summed E-state index contributed by atoms with van der Waals surface area (Å²) in [7, 11) is 3.72. The van der Waals surface area contributed by atoms with Crippen LogP contribution in [-0.4, -0.2) is 36.6 Å². The average molecular weight is 297 g/mol. The van der Waals surface area contributed by atoms with E-state index >= 15 is 0 Å². The molecule has 1 saturated heterocycles. The van der Waals surface area contributed by atoms with Crippen LogP contribution in [-0.2, 0) is 13.0 Å². The molecule has 4 nitrogen and oxygen atoms in total. The molecule has 0 bridgehead atoms. The van der Waals surface area contributed by atoms with Gasteiger partial charge in [0.2, 0.25) is 0 Å². The predicted molar refractivity (Wildman–Crippen MR) is 89.6 cm³/mol. The molecule has 2 aliphatic heterocycles. The summed E-state index contributed by atoms with van der Waals surface area (Å²) in [6, 6.07) is 6.85. The SMILES string of the molecule is CNc1c2c(nc3ccc(OC)cc13)CC1CCCCN1C2. The molecule has 4 rings (SSSR count). The average Bonchev–Trinajstić information content (AvgIpc) is 2.57. The summed E-state index contributed by atoms with van der Waals surface area (Å²) >= 11 is 0. The second-order valence-electron chi connectivity index (χ2n) is 6.37. The van der Waals surface area contributed by atoms with Crippen LogP contribution in [0.15, 0.2) is 18.2 Å². The zero-order valence-corrected chi connectivity index (χ0v) is 13.4. The monoisotopic (exact) mass is 297 g/mol. The number of ether oxygens (including phenoxy) is 1. The molecular formula is C18H23N3O. The van der Waals surface area contributed by atoms with Crippen LogP contribution in [0.25, 0.3) is 10.9 Å². The van der Waals surface area contributed by atoms with Gasteiger partial charge in [0.1, 0.15) is 5.75 Å². The molecule has 22 heavy (non-hydrogen) atoms. The number of fused-ring (bicyclic) bond motifs is 3. The first-order chi connectivity index (χ1) is 10.8. The van der Waals surface area contributed by atoms with Crippen LogP contribution in [0, 0.1) is 0 Å². The van der Waals surface area contributed by atoms with Crippen molar-refractivity contribution < 1.29 is 4.74 Å². The van der Waals surface area contributed by atoms with Crippen LogP contribution in [0.1, 0.15) is 30.5 Å². The molecule has 2 aliphatic rings. The predicted octanol–water partition coefficient (Wildman–Crippen LogP) is 3.20. The van der Waals surface area contributed by atoms with Gasteiger partial charge in [-0.25, -0.2) is 0 Å². The van der Waals surface area contributed by atoms with E-state index in [1.807, 2.05) is 13.1 Å². The van der Waals surface area contributed by atoms with Crippen molar-refractivity contribution in [3.05, 3.63) is 29.5 Å². The number of rotatable bonds is 2. The van der Waals surface area contributed by atoms with Crippen LogP contribution >= 0.6 is 0 Å². The van der Waals surface area contributed by atoms with Crippen molar-refractivity contribution in [3.63, 3.8) is 0 Å². The van der Waals surface area contributed by atoms with Crippen molar-refractivity contribution >= 4 is 16.6 Å². The normalized spacial score (nSPS) is 21.3. The van der Waals surface area contributed by atoms with E-state index < -0.39 is 0 Å². The Hall–Kier alpha value is -1.81. The van der Waals surface area contributed by atoms with Crippen LogP contribution in [0.4, 0.5) is 5.69 Å². The number of nitrogens with one attached hydrogen (secondary N) is 1. The fraction of sp³-hybridized carbons (Fsp3) is 0.500. The van der Waals surface area contributed by atoms with Gasteiger partial charge in [-0.3, -0.25) is 9.88 Å². The van der Waals surface area contributed by atoms with E-state index in [9.17, 15) is 0 Å². The van der Waals surface area contributed by atoms with Gasteiger partial charge in [0.25, 0.3) is 0 Å². The Balaban J connectivity index is 1.87. The highest BCUT2D eigenvalue weighted by atomic mass is 16.5. The Morgan fingerprint density at radius 1 is 1.32 bits per heavy atom. The zero-order valence-electron chi connectivity index (χ0n) is 13.4. The van der Waals surface area contributed by atoms with Gasteiger partial charge in [0.15, 0.2) is 0 Å². The molecule has 2 aromatic rings. The molecule has 1 N–H and O–H groups in total. The third-order valence-electron chi connectivity index (χ3n) is 5.17. The standard InChI is InChI=1S/C18H23N3O/c1-19-18-14-10-13(22-2)6-7-16(14)20-17-9-12-5-3-4-8-21(12)11-15(17)18/h6-7,10,12H,3-5,8-9,11H2,1-2H3,(H,19,20). The maximum atomic E-state index is 5.39. The second kappa shape index (κ2) is 5.43. The number of pyridine rings is 1. The molecular weight excluding hydrogens is 274 g/mol. The Kier molecular flexibility index (Phi) is 3.41. The molecule has 0 spiro atoms. The number of piperidine rings is 1. The van der Waals surface area contributed by atoms with Gasteiger partial charge in [-0.05, 0) is 37.6 Å². The van der Waals surface area contributed by atoms with Gasteiger partial charge in [-0.1, -0.05) is 6.42 Å². The topological polar surface area (TPSA) is 37.4 Å². The summed E-state index contributed by atoms with van der Waals surface area (Å²) in [5.74, 6) is 0.886. The van der Waals surface area contributed by atoms with Crippen molar-refractivity contribution in [2.75, 3.05) is 26.0 Å². The molecule has 1 aromatic heterocycles. The van der Waals surface area contributed by atoms with E-state index in [2.05, 4.69) is 22.3 Å². The van der Waals surface area contributed by atoms with Gasteiger partial charge < -0.3 is 10.1 Å². The molecule has 1 atom stereocenters. The highest BCUT2D eigenvalue weighted by Gasteiger charge is 2.31. The molecule has 3 heterocycles. The highest BCUT2D eigenvalue weighted by Crippen LogP contribution is 2.37. The molecule has 1 unspecified atom stereocenters. The van der Waals surface area contributed by atoms with E-state index in [-0.39, 0.29) is 0 Å². The molecule has 1 fully saturated rings. The number of aromatic nitrogens is 1. The third kappa shape index (κ3) is 2.13. The minimum atomic E-state index is 0.689. The van der Waals surface area contributed by atoms with Gasteiger partial charge in [0, 0.05) is 48.4 Å². The first kappa shape index (κ1) is 13.8. The highest BCUT2D eigenvalue weighted by molar-refractivity contribution is 5.94. The third-order valence-corrected chi connectivity index (χ3v) is 5.17. The minimum Gasteiger partial charge on any atom is -0.497 e. The Labute approximate surface area is 131 Å². The van der Waals surface area contributed by atoms with Crippen molar-refractivity contribution in [1.82, 2.24) is 9.88 Å². The molecule has 1 aromatic carbocycles. The zero-order chi connectivity index (χ0) is 15.1. The summed E-state index contributed by atoms with van der Waals surface area (Å²) < 4.78 is 5.39. The largest absolute Gasteiger partial charge is 0.497 e. The van der Waals surface area contributed by atoms with E-state index in [0.717, 1.165) is 29.6 Å². The van der Waals surface area contributed by atoms with E-state index in [0.29, 0.717) is 6.04 Å². The van der Waals surface area contributed by atoms with Crippen molar-refractivity contribution in [1.29, 1.82) is 0 Å². The molecule has 116 valence electrons. The number of benzene rings is 1. The van der Waals surface area contributed by atoms with Crippen molar-refractivity contribution in [2.45, 2.75) is 38.3 Å². The van der Waals surface area contributed by atoms with Gasteiger partial charge in [0.05, 0.1) is 12.6 Å². The summed E-state index contributed by atoms with van der Waals surface area (Å²) in [4.78, 5) is 7.61. The lowest BCUT2D eigenvalue weighted by molar-refractivity contribution is 0.126. The minimum absolute atomic E-state index is 0.689. The quantitative estimate of drug-likeness (QED) is 0.923. The molecule has 4 heteroatoms. The number of hydrogen-bond acceptors (Lipinski definition) is 4. The Morgan fingerprint density at radius 2 is 2.23 bits per heavy atom. The van der Waals surface area contributed by atoms with Crippen LogP contribution in [0.3, 0.4) is 0 Å². The van der Waals surface area contributed by atoms with E-state index in [1.54, 1.807) is 7.11 Å². The van der Waals surface area contributed by atoms with Crippen LogP contribution in [0.5, 0.6) is 5.75 Å². The number of anilines is 1. The molecule has 0 saturated carbocycles. The summed E-state index contributed by atoms with van der Waals surface area (Å²) in [5, 5.41) is 4.59. The maximum Gasteiger partial charge on any atom is 0.119 e. The van der Waals surface area contributed by atoms with Gasteiger partial charge in [-0.15, -0.1) is 0 Å². The number of methoxy groups -OCH3 is 1. The lowest BCUT2D eigenvalue weighted by Gasteiger charge is -2.40. The maximum absolute atomic E-state index is 5.39. The van der Waals surface area contributed by atoms with E-state index in [4.69, 9.17) is 9.72 Å². The summed E-state index contributed by atoms with van der Waals surface area (Å²) in [6.45, 7) is 2.25. The molecule has 0 amide bonds.